The van der Waals surface area contributed by atoms with Crippen LogP contribution in [0.5, 0.6) is 23.0 Å². The Morgan fingerprint density at radius 1 is 0.750 bits per heavy atom. The van der Waals surface area contributed by atoms with E-state index >= 15 is 0 Å². The molecule has 0 aromatic heterocycles. The van der Waals surface area contributed by atoms with Gasteiger partial charge in [-0.2, -0.15) is 0 Å². The molecule has 0 atom stereocenters. The largest absolute Gasteiger partial charge is 0.494 e. The molecule has 2 aromatic carbocycles. The van der Waals surface area contributed by atoms with Crippen LogP contribution in [-0.2, 0) is 0 Å². The molecule has 2 rings (SSSR count). The lowest BCUT2D eigenvalue weighted by molar-refractivity contribution is 0.391. The maximum atomic E-state index is 6.03. The van der Waals surface area contributed by atoms with E-state index in [4.69, 9.17) is 36.9 Å². The van der Waals surface area contributed by atoms with Crippen molar-refractivity contribution >= 4 is 28.7 Å². The van der Waals surface area contributed by atoms with E-state index < -0.39 is 0 Å². The van der Waals surface area contributed by atoms with Gasteiger partial charge in [0.2, 0.25) is 0 Å². The number of ether oxygens (including phenoxy) is 4. The van der Waals surface area contributed by atoms with Gasteiger partial charge in [0.05, 0.1) is 28.4 Å². The van der Waals surface area contributed by atoms with Crippen LogP contribution < -0.4 is 29.6 Å². The number of thiocarbonyl (C=S) groups is 1. The lowest BCUT2D eigenvalue weighted by Gasteiger charge is -2.29. The molecule has 0 aliphatic rings. The molecule has 0 unspecified atom stereocenters. The van der Waals surface area contributed by atoms with Gasteiger partial charge in [-0.05, 0) is 36.5 Å². The zero-order valence-electron chi connectivity index (χ0n) is 14.0. The summed E-state index contributed by atoms with van der Waals surface area (Å²) in [5.74, 6) is 2.20. The summed E-state index contributed by atoms with van der Waals surface area (Å²) in [6, 6.07) is 10.8. The van der Waals surface area contributed by atoms with Crippen molar-refractivity contribution in [2.24, 2.45) is 5.73 Å². The predicted octanol–water partition coefficient (Wildman–Crippen LogP) is 3.10. The Morgan fingerprint density at radius 3 is 1.25 bits per heavy atom. The number of benzene rings is 2. The van der Waals surface area contributed by atoms with Crippen LogP contribution in [-0.4, -0.2) is 33.6 Å². The molecule has 6 nitrogen and oxygen atoms in total. The van der Waals surface area contributed by atoms with E-state index in [0.717, 1.165) is 0 Å². The molecule has 0 heterocycles. The van der Waals surface area contributed by atoms with E-state index in [1.165, 1.54) is 0 Å². The molecule has 2 N–H and O–H groups in total. The van der Waals surface area contributed by atoms with E-state index in [-0.39, 0.29) is 5.11 Å². The number of rotatable bonds is 6. The summed E-state index contributed by atoms with van der Waals surface area (Å²) in [5, 5.41) is 0.0978. The van der Waals surface area contributed by atoms with Gasteiger partial charge >= 0.3 is 0 Å². The van der Waals surface area contributed by atoms with Crippen molar-refractivity contribution in [3.63, 3.8) is 0 Å². The summed E-state index contributed by atoms with van der Waals surface area (Å²) in [4.78, 5) is 1.62. The van der Waals surface area contributed by atoms with Crippen LogP contribution in [0.2, 0.25) is 0 Å². The average molecular weight is 348 g/mol. The number of nitrogens with two attached hydrogens (primary N) is 1. The van der Waals surface area contributed by atoms with Crippen molar-refractivity contribution in [3.8, 4) is 23.0 Å². The fourth-order valence-electron chi connectivity index (χ4n) is 2.44. The average Bonchev–Trinajstić information content (AvgIpc) is 2.61. The second kappa shape index (κ2) is 7.74. The summed E-state index contributed by atoms with van der Waals surface area (Å²) >= 11 is 5.29. The molecule has 24 heavy (non-hydrogen) atoms. The molecule has 0 saturated heterocycles. The molecule has 2 aromatic rings. The van der Waals surface area contributed by atoms with Crippen LogP contribution in [0.25, 0.3) is 0 Å². The minimum Gasteiger partial charge on any atom is -0.494 e. The second-order valence-electron chi connectivity index (χ2n) is 4.70. The third-order valence-electron chi connectivity index (χ3n) is 3.47. The normalized spacial score (nSPS) is 10.0. The summed E-state index contributed by atoms with van der Waals surface area (Å²) in [6.45, 7) is 0. The number of methoxy groups -OCH3 is 4. The zero-order chi connectivity index (χ0) is 17.7. The highest BCUT2D eigenvalue weighted by Crippen LogP contribution is 2.47. The minimum absolute atomic E-state index is 0.0978. The highest BCUT2D eigenvalue weighted by Gasteiger charge is 2.27. The summed E-state index contributed by atoms with van der Waals surface area (Å²) in [7, 11) is 6.26. The molecular weight excluding hydrogens is 328 g/mol. The first kappa shape index (κ1) is 17.7. The van der Waals surface area contributed by atoms with Crippen LogP contribution in [0, 0.1) is 0 Å². The Hall–Kier alpha value is -2.67. The van der Waals surface area contributed by atoms with Gasteiger partial charge in [-0.25, -0.2) is 0 Å². The molecule has 7 heteroatoms. The zero-order valence-corrected chi connectivity index (χ0v) is 14.8. The quantitative estimate of drug-likeness (QED) is 0.805. The monoisotopic (exact) mass is 348 g/mol. The van der Waals surface area contributed by atoms with E-state index in [1.807, 2.05) is 12.1 Å². The number of nitrogens with zero attached hydrogens (tertiary/aromatic N) is 1. The van der Waals surface area contributed by atoms with Crippen LogP contribution in [0.3, 0.4) is 0 Å². The fraction of sp³-hybridized carbons (Fsp3) is 0.235. The van der Waals surface area contributed by atoms with Crippen molar-refractivity contribution in [2.45, 2.75) is 0 Å². The number of hydrogen-bond acceptors (Lipinski definition) is 5. The first-order chi connectivity index (χ1) is 11.6. The lowest BCUT2D eigenvalue weighted by Crippen LogP contribution is -2.32. The minimum atomic E-state index is 0.0978. The van der Waals surface area contributed by atoms with Crippen molar-refractivity contribution < 1.29 is 18.9 Å². The molecular formula is C17H20N2O4S. The van der Waals surface area contributed by atoms with Crippen molar-refractivity contribution in [2.75, 3.05) is 33.3 Å². The molecule has 0 spiro atoms. The standard InChI is InChI=1S/C17H20N2O4S/c1-20-11-7-5-8-12(21-2)15(11)19(17(18)24)16-13(22-3)9-6-10-14(16)23-4/h5-10H,1-4H3,(H2,18,24). The number of para-hydroxylation sites is 2. The Bertz CT molecular complexity index is 637. The van der Waals surface area contributed by atoms with Gasteiger partial charge in [0.15, 0.2) is 5.11 Å². The Labute approximate surface area is 146 Å². The van der Waals surface area contributed by atoms with Crippen LogP contribution in [0.1, 0.15) is 0 Å². The Balaban J connectivity index is 2.81. The van der Waals surface area contributed by atoms with Gasteiger partial charge in [0, 0.05) is 0 Å². The summed E-state index contributed by atoms with van der Waals surface area (Å²) in [5.41, 5.74) is 7.17. The fourth-order valence-corrected chi connectivity index (χ4v) is 2.62. The van der Waals surface area contributed by atoms with Gasteiger partial charge in [-0.3, -0.25) is 4.90 Å². The first-order valence-electron chi connectivity index (χ1n) is 7.10. The third-order valence-corrected chi connectivity index (χ3v) is 3.65. The number of anilines is 2. The maximum absolute atomic E-state index is 6.03. The van der Waals surface area contributed by atoms with Gasteiger partial charge in [0.1, 0.15) is 34.4 Å². The first-order valence-corrected chi connectivity index (χ1v) is 7.51. The smallest absolute Gasteiger partial charge is 0.175 e. The van der Waals surface area contributed by atoms with Crippen molar-refractivity contribution in [1.82, 2.24) is 0 Å². The molecule has 0 fully saturated rings. The van der Waals surface area contributed by atoms with Gasteiger partial charge in [-0.15, -0.1) is 0 Å². The maximum Gasteiger partial charge on any atom is 0.175 e. The lowest BCUT2D eigenvalue weighted by atomic mass is 10.2. The molecule has 0 amide bonds. The molecule has 0 aliphatic carbocycles. The van der Waals surface area contributed by atoms with Crippen LogP contribution in [0.15, 0.2) is 36.4 Å². The SMILES string of the molecule is COc1cccc(OC)c1N(C(N)=S)c1c(OC)cccc1OC. The molecule has 0 aliphatic heterocycles. The Morgan fingerprint density at radius 2 is 1.04 bits per heavy atom. The second-order valence-corrected chi connectivity index (χ2v) is 5.11. The Kier molecular flexibility index (Phi) is 5.70. The van der Waals surface area contributed by atoms with E-state index in [2.05, 4.69) is 0 Å². The highest BCUT2D eigenvalue weighted by atomic mass is 32.1. The van der Waals surface area contributed by atoms with Gasteiger partial charge < -0.3 is 24.7 Å². The molecule has 128 valence electrons. The third kappa shape index (κ3) is 3.16. The van der Waals surface area contributed by atoms with Crippen molar-refractivity contribution in [1.29, 1.82) is 0 Å². The van der Waals surface area contributed by atoms with E-state index in [9.17, 15) is 0 Å². The van der Waals surface area contributed by atoms with E-state index in [0.29, 0.717) is 34.4 Å². The molecule has 0 radical (unpaired) electrons. The van der Waals surface area contributed by atoms with Crippen molar-refractivity contribution in [3.05, 3.63) is 36.4 Å². The van der Waals surface area contributed by atoms with Gasteiger partial charge in [0.25, 0.3) is 0 Å². The molecule has 0 bridgehead atoms. The topological polar surface area (TPSA) is 66.2 Å². The van der Waals surface area contributed by atoms with Crippen LogP contribution >= 0.6 is 12.2 Å². The molecule has 0 saturated carbocycles. The van der Waals surface area contributed by atoms with Gasteiger partial charge in [-0.1, -0.05) is 12.1 Å². The number of hydrogen-bond donors (Lipinski definition) is 1. The van der Waals surface area contributed by atoms with Crippen LogP contribution in [0.4, 0.5) is 11.4 Å². The summed E-state index contributed by atoms with van der Waals surface area (Å²) in [6.07, 6.45) is 0. The highest BCUT2D eigenvalue weighted by molar-refractivity contribution is 7.80. The predicted molar refractivity (Wildman–Crippen MR) is 98.0 cm³/mol. The summed E-state index contributed by atoms with van der Waals surface area (Å²) < 4.78 is 21.9. The van der Waals surface area contributed by atoms with E-state index in [1.54, 1.807) is 57.6 Å².